The lowest BCUT2D eigenvalue weighted by atomic mass is 10.1. The first-order chi connectivity index (χ1) is 15.1. The van der Waals surface area contributed by atoms with E-state index in [-0.39, 0.29) is 31.5 Å². The van der Waals surface area contributed by atoms with Crippen molar-refractivity contribution in [1.82, 2.24) is 14.5 Å². The van der Waals surface area contributed by atoms with Crippen LogP contribution in [-0.2, 0) is 32.7 Å². The molecule has 0 aliphatic heterocycles. The molecule has 8 heteroatoms. The number of carbonyl (C=O) groups is 2. The van der Waals surface area contributed by atoms with Gasteiger partial charge in [-0.25, -0.2) is 8.42 Å². The Balaban J connectivity index is 2.25. The molecule has 32 heavy (non-hydrogen) atoms. The molecule has 2 aromatic carbocycles. The third-order valence-electron chi connectivity index (χ3n) is 5.03. The van der Waals surface area contributed by atoms with Crippen LogP contribution in [0.1, 0.15) is 31.9 Å². The van der Waals surface area contributed by atoms with Crippen LogP contribution in [-0.4, -0.2) is 54.8 Å². The Kier molecular flexibility index (Phi) is 9.41. The molecule has 0 fully saturated rings. The van der Waals surface area contributed by atoms with Crippen LogP contribution in [0.3, 0.4) is 0 Å². The highest BCUT2D eigenvalue weighted by atomic mass is 32.2. The van der Waals surface area contributed by atoms with E-state index in [1.807, 2.05) is 74.5 Å². The van der Waals surface area contributed by atoms with Gasteiger partial charge in [-0.3, -0.25) is 9.59 Å². The summed E-state index contributed by atoms with van der Waals surface area (Å²) in [5, 5.41) is 2.86. The van der Waals surface area contributed by atoms with Crippen molar-refractivity contribution in [3.8, 4) is 0 Å². The summed E-state index contributed by atoms with van der Waals surface area (Å²) in [6, 6.07) is 17.7. The molecule has 0 spiro atoms. The van der Waals surface area contributed by atoms with Crippen LogP contribution in [0, 0.1) is 5.92 Å². The predicted octanol–water partition coefficient (Wildman–Crippen LogP) is 2.64. The zero-order valence-corrected chi connectivity index (χ0v) is 20.0. The van der Waals surface area contributed by atoms with Crippen LogP contribution >= 0.6 is 0 Å². The molecule has 0 aliphatic rings. The largest absolute Gasteiger partial charge is 0.354 e. The first kappa shape index (κ1) is 25.5. The number of nitrogens with zero attached hydrogens (tertiary/aromatic N) is 2. The first-order valence-electron chi connectivity index (χ1n) is 10.7. The van der Waals surface area contributed by atoms with Gasteiger partial charge in [0.1, 0.15) is 6.04 Å². The van der Waals surface area contributed by atoms with E-state index >= 15 is 0 Å². The number of rotatable bonds is 11. The second-order valence-corrected chi connectivity index (χ2v) is 10.3. The Morgan fingerprint density at radius 1 is 0.875 bits per heavy atom. The molecular weight excluding hydrogens is 426 g/mol. The molecule has 2 amide bonds. The second-order valence-electron chi connectivity index (χ2n) is 8.34. The highest BCUT2D eigenvalue weighted by molar-refractivity contribution is 7.88. The van der Waals surface area contributed by atoms with Crippen molar-refractivity contribution < 1.29 is 18.0 Å². The van der Waals surface area contributed by atoms with Crippen LogP contribution in [0.2, 0.25) is 0 Å². The topological polar surface area (TPSA) is 86.8 Å². The zero-order valence-electron chi connectivity index (χ0n) is 19.2. The summed E-state index contributed by atoms with van der Waals surface area (Å²) in [6.45, 7) is 6.09. The number of sulfonamides is 1. The van der Waals surface area contributed by atoms with Crippen molar-refractivity contribution in [1.29, 1.82) is 0 Å². The summed E-state index contributed by atoms with van der Waals surface area (Å²) in [7, 11) is -3.65. The van der Waals surface area contributed by atoms with E-state index < -0.39 is 22.0 Å². The van der Waals surface area contributed by atoms with Gasteiger partial charge in [-0.05, 0) is 24.0 Å². The number of benzene rings is 2. The Morgan fingerprint density at radius 2 is 1.38 bits per heavy atom. The summed E-state index contributed by atoms with van der Waals surface area (Å²) < 4.78 is 26.0. The fraction of sp³-hybridized carbons (Fsp3) is 0.417. The van der Waals surface area contributed by atoms with E-state index in [0.29, 0.717) is 6.54 Å². The number of hydrogen-bond acceptors (Lipinski definition) is 4. The molecule has 2 aromatic rings. The minimum absolute atomic E-state index is 0.0819. The van der Waals surface area contributed by atoms with E-state index in [2.05, 4.69) is 5.32 Å². The number of nitrogens with one attached hydrogen (secondary N) is 1. The molecule has 0 aromatic heterocycles. The molecule has 0 aliphatic carbocycles. The lowest BCUT2D eigenvalue weighted by Crippen LogP contribution is -2.51. The van der Waals surface area contributed by atoms with Gasteiger partial charge in [-0.2, -0.15) is 4.31 Å². The van der Waals surface area contributed by atoms with Gasteiger partial charge in [0.25, 0.3) is 0 Å². The molecule has 0 radical (unpaired) electrons. The van der Waals surface area contributed by atoms with Crippen molar-refractivity contribution in [2.24, 2.45) is 5.92 Å². The van der Waals surface area contributed by atoms with Gasteiger partial charge in [0, 0.05) is 19.6 Å². The van der Waals surface area contributed by atoms with Crippen LogP contribution in [0.15, 0.2) is 60.7 Å². The number of carbonyl (C=O) groups excluding carboxylic acids is 2. The summed E-state index contributed by atoms with van der Waals surface area (Å²) in [4.78, 5) is 27.5. The number of amides is 2. The summed E-state index contributed by atoms with van der Waals surface area (Å²) in [5.41, 5.74) is 1.64. The molecule has 7 nitrogen and oxygen atoms in total. The van der Waals surface area contributed by atoms with Crippen molar-refractivity contribution in [3.05, 3.63) is 71.8 Å². The standard InChI is InChI=1S/C24H33N3O4S/c1-19(2)15-25-24(29)20(3)27(17-22-13-9-6-10-14-22)23(28)18-26(32(4,30)31)16-21-11-7-5-8-12-21/h5-14,19-20H,15-18H2,1-4H3,(H,25,29). The third kappa shape index (κ3) is 8.09. The van der Waals surface area contributed by atoms with Gasteiger partial charge in [-0.1, -0.05) is 74.5 Å². The molecule has 1 unspecified atom stereocenters. The van der Waals surface area contributed by atoms with E-state index in [0.717, 1.165) is 21.7 Å². The average molecular weight is 460 g/mol. The zero-order chi connectivity index (χ0) is 23.7. The summed E-state index contributed by atoms with van der Waals surface area (Å²) in [6.07, 6.45) is 1.09. The molecule has 0 bridgehead atoms. The lowest BCUT2D eigenvalue weighted by molar-refractivity contribution is -0.140. The second kappa shape index (κ2) is 11.8. The van der Waals surface area contributed by atoms with Gasteiger partial charge in [-0.15, -0.1) is 0 Å². The Hall–Kier alpha value is -2.71. The molecule has 0 heterocycles. The highest BCUT2D eigenvalue weighted by Crippen LogP contribution is 2.13. The third-order valence-corrected chi connectivity index (χ3v) is 6.23. The van der Waals surface area contributed by atoms with E-state index in [1.54, 1.807) is 6.92 Å². The van der Waals surface area contributed by atoms with E-state index in [1.165, 1.54) is 4.90 Å². The van der Waals surface area contributed by atoms with Crippen LogP contribution in [0.25, 0.3) is 0 Å². The van der Waals surface area contributed by atoms with Gasteiger partial charge < -0.3 is 10.2 Å². The highest BCUT2D eigenvalue weighted by Gasteiger charge is 2.29. The fourth-order valence-electron chi connectivity index (χ4n) is 3.13. The molecule has 174 valence electrons. The summed E-state index contributed by atoms with van der Waals surface area (Å²) in [5.74, 6) is -0.421. The van der Waals surface area contributed by atoms with Crippen molar-refractivity contribution in [2.75, 3.05) is 19.3 Å². The molecule has 2 rings (SSSR count). The minimum Gasteiger partial charge on any atom is -0.354 e. The van der Waals surface area contributed by atoms with Crippen LogP contribution < -0.4 is 5.32 Å². The monoisotopic (exact) mass is 459 g/mol. The maximum absolute atomic E-state index is 13.3. The lowest BCUT2D eigenvalue weighted by Gasteiger charge is -2.31. The maximum Gasteiger partial charge on any atom is 0.242 e. The molecule has 1 N–H and O–H groups in total. The van der Waals surface area contributed by atoms with Gasteiger partial charge in [0.2, 0.25) is 21.8 Å². The maximum atomic E-state index is 13.3. The van der Waals surface area contributed by atoms with Gasteiger partial charge in [0.05, 0.1) is 12.8 Å². The Morgan fingerprint density at radius 3 is 1.84 bits per heavy atom. The van der Waals surface area contributed by atoms with Gasteiger partial charge >= 0.3 is 0 Å². The average Bonchev–Trinajstić information content (AvgIpc) is 2.75. The van der Waals surface area contributed by atoms with Gasteiger partial charge in [0.15, 0.2) is 0 Å². The van der Waals surface area contributed by atoms with Crippen LogP contribution in [0.4, 0.5) is 0 Å². The quantitative estimate of drug-likeness (QED) is 0.560. The first-order valence-corrected chi connectivity index (χ1v) is 12.5. The Labute approximate surface area is 191 Å². The molecular formula is C24H33N3O4S. The molecule has 0 saturated carbocycles. The van der Waals surface area contributed by atoms with Crippen LogP contribution in [0.5, 0.6) is 0 Å². The fourth-order valence-corrected chi connectivity index (χ4v) is 3.86. The molecule has 1 atom stereocenters. The van der Waals surface area contributed by atoms with Crippen molar-refractivity contribution in [3.63, 3.8) is 0 Å². The SMILES string of the molecule is CC(C)CNC(=O)C(C)N(Cc1ccccc1)C(=O)CN(Cc1ccccc1)S(C)(=O)=O. The Bertz CT molecular complexity index is 979. The minimum atomic E-state index is -3.65. The van der Waals surface area contributed by atoms with E-state index in [4.69, 9.17) is 0 Å². The molecule has 0 saturated heterocycles. The van der Waals surface area contributed by atoms with Crippen molar-refractivity contribution in [2.45, 2.75) is 39.9 Å². The normalized spacial score (nSPS) is 12.6. The smallest absolute Gasteiger partial charge is 0.242 e. The summed E-state index contributed by atoms with van der Waals surface area (Å²) >= 11 is 0. The van der Waals surface area contributed by atoms with Crippen molar-refractivity contribution >= 4 is 21.8 Å². The van der Waals surface area contributed by atoms with E-state index in [9.17, 15) is 18.0 Å². The number of hydrogen-bond donors (Lipinski definition) is 1. The predicted molar refractivity (Wildman–Crippen MR) is 126 cm³/mol.